The normalized spacial score (nSPS) is 13.1. The maximum Gasteiger partial charge on any atom is 0.139 e. The van der Waals surface area contributed by atoms with E-state index in [-0.39, 0.29) is 17.8 Å². The Morgan fingerprint density at radius 2 is 1.43 bits per heavy atom. The first-order chi connectivity index (χ1) is 13.2. The summed E-state index contributed by atoms with van der Waals surface area (Å²) in [4.78, 5) is 8.68. The van der Waals surface area contributed by atoms with E-state index in [1.54, 1.807) is 12.1 Å². The van der Waals surface area contributed by atoms with Crippen molar-refractivity contribution in [2.24, 2.45) is 21.5 Å². The fourth-order valence-corrected chi connectivity index (χ4v) is 2.93. The standard InChI is InChI=1S/C22H26N4O2/c1-12(2)25-21(23)15-7-8-17(18(27)9-15)20-10-14-5-6-16(11-19(14)28-20)22(24)26-13(3)4/h5-13,27H,1-4H3,(H2,23,25)(H2,24,26). The second-order valence-electron chi connectivity index (χ2n) is 7.31. The number of amidine groups is 2. The van der Waals surface area contributed by atoms with E-state index in [1.165, 1.54) is 0 Å². The first-order valence-corrected chi connectivity index (χ1v) is 9.29. The molecular formula is C22H26N4O2. The molecule has 0 amide bonds. The van der Waals surface area contributed by atoms with Gasteiger partial charge in [-0.15, -0.1) is 0 Å². The summed E-state index contributed by atoms with van der Waals surface area (Å²) in [6.45, 7) is 7.84. The van der Waals surface area contributed by atoms with Gasteiger partial charge in [-0.1, -0.05) is 18.2 Å². The van der Waals surface area contributed by atoms with Crippen LogP contribution in [0.25, 0.3) is 22.3 Å². The highest BCUT2D eigenvalue weighted by molar-refractivity contribution is 6.01. The number of phenolic OH excluding ortho intramolecular Hbond substituents is 1. The van der Waals surface area contributed by atoms with Gasteiger partial charge in [0.05, 0.1) is 5.56 Å². The van der Waals surface area contributed by atoms with Gasteiger partial charge >= 0.3 is 0 Å². The summed E-state index contributed by atoms with van der Waals surface area (Å²) in [5, 5.41) is 11.4. The third-order valence-electron chi connectivity index (χ3n) is 4.17. The van der Waals surface area contributed by atoms with Crippen LogP contribution in [0.15, 0.2) is 56.9 Å². The molecule has 6 nitrogen and oxygen atoms in total. The Hall–Kier alpha value is -3.28. The molecule has 0 spiro atoms. The monoisotopic (exact) mass is 378 g/mol. The van der Waals surface area contributed by atoms with Gasteiger partial charge in [-0.05, 0) is 52.0 Å². The van der Waals surface area contributed by atoms with E-state index in [0.29, 0.717) is 34.1 Å². The molecule has 1 heterocycles. The first kappa shape index (κ1) is 19.5. The SMILES string of the molecule is CC(C)N=C(N)c1ccc(-c2cc3ccc(C(N)=NC(C)C)cc3o2)c(O)c1. The molecule has 0 aliphatic carbocycles. The maximum absolute atomic E-state index is 10.5. The van der Waals surface area contributed by atoms with E-state index in [4.69, 9.17) is 15.9 Å². The second kappa shape index (κ2) is 7.76. The molecule has 146 valence electrons. The number of fused-ring (bicyclic) bond motifs is 1. The number of benzene rings is 2. The van der Waals surface area contributed by atoms with Crippen LogP contribution >= 0.6 is 0 Å². The number of rotatable bonds is 5. The highest BCUT2D eigenvalue weighted by Gasteiger charge is 2.13. The Labute approximate surface area is 164 Å². The van der Waals surface area contributed by atoms with Gasteiger partial charge in [0.1, 0.15) is 28.8 Å². The van der Waals surface area contributed by atoms with Crippen LogP contribution in [0.3, 0.4) is 0 Å². The summed E-state index contributed by atoms with van der Waals surface area (Å²) < 4.78 is 5.96. The molecule has 0 bridgehead atoms. The Morgan fingerprint density at radius 1 is 0.857 bits per heavy atom. The molecule has 2 aromatic carbocycles. The van der Waals surface area contributed by atoms with Crippen molar-refractivity contribution in [3.05, 3.63) is 53.6 Å². The van der Waals surface area contributed by atoms with E-state index < -0.39 is 0 Å². The summed E-state index contributed by atoms with van der Waals surface area (Å²) in [6, 6.07) is 13.0. The molecule has 0 radical (unpaired) electrons. The molecule has 3 aromatic rings. The van der Waals surface area contributed by atoms with Crippen LogP contribution in [-0.2, 0) is 0 Å². The zero-order chi connectivity index (χ0) is 20.4. The lowest BCUT2D eigenvalue weighted by molar-refractivity contribution is 0.474. The summed E-state index contributed by atoms with van der Waals surface area (Å²) in [5.74, 6) is 1.52. The third-order valence-corrected chi connectivity index (χ3v) is 4.17. The lowest BCUT2D eigenvalue weighted by Gasteiger charge is -2.06. The number of hydrogen-bond acceptors (Lipinski definition) is 4. The van der Waals surface area contributed by atoms with Crippen molar-refractivity contribution < 1.29 is 9.52 Å². The Balaban J connectivity index is 1.98. The average molecular weight is 378 g/mol. The fourth-order valence-electron chi connectivity index (χ4n) is 2.93. The lowest BCUT2D eigenvalue weighted by Crippen LogP contribution is -2.15. The van der Waals surface area contributed by atoms with Gasteiger partial charge in [0.25, 0.3) is 0 Å². The van der Waals surface area contributed by atoms with Gasteiger partial charge in [0.15, 0.2) is 0 Å². The van der Waals surface area contributed by atoms with Crippen molar-refractivity contribution in [2.75, 3.05) is 0 Å². The van der Waals surface area contributed by atoms with Crippen LogP contribution in [0, 0.1) is 0 Å². The van der Waals surface area contributed by atoms with Crippen molar-refractivity contribution in [1.82, 2.24) is 0 Å². The van der Waals surface area contributed by atoms with Crippen LogP contribution in [-0.4, -0.2) is 28.9 Å². The minimum absolute atomic E-state index is 0.0815. The fraction of sp³-hybridized carbons (Fsp3) is 0.273. The van der Waals surface area contributed by atoms with E-state index in [0.717, 1.165) is 10.9 Å². The van der Waals surface area contributed by atoms with Crippen molar-refractivity contribution in [2.45, 2.75) is 39.8 Å². The van der Waals surface area contributed by atoms with Crippen molar-refractivity contribution in [3.63, 3.8) is 0 Å². The van der Waals surface area contributed by atoms with Crippen LogP contribution in [0.2, 0.25) is 0 Å². The van der Waals surface area contributed by atoms with Crippen LogP contribution in [0.4, 0.5) is 0 Å². The minimum atomic E-state index is 0.0815. The van der Waals surface area contributed by atoms with Gasteiger partial charge in [0, 0.05) is 28.6 Å². The summed E-state index contributed by atoms with van der Waals surface area (Å²) in [5.41, 5.74) is 14.8. The molecular weight excluding hydrogens is 352 g/mol. The average Bonchev–Trinajstić information content (AvgIpc) is 3.03. The largest absolute Gasteiger partial charge is 0.507 e. The quantitative estimate of drug-likeness (QED) is 0.460. The van der Waals surface area contributed by atoms with E-state index in [9.17, 15) is 5.11 Å². The molecule has 0 saturated heterocycles. The number of hydrogen-bond donors (Lipinski definition) is 3. The highest BCUT2D eigenvalue weighted by Crippen LogP contribution is 2.34. The summed E-state index contributed by atoms with van der Waals surface area (Å²) in [7, 11) is 0. The van der Waals surface area contributed by atoms with Crippen LogP contribution in [0.1, 0.15) is 38.8 Å². The molecule has 0 aliphatic rings. The molecule has 0 atom stereocenters. The predicted molar refractivity (Wildman–Crippen MR) is 115 cm³/mol. The Kier molecular flexibility index (Phi) is 5.40. The van der Waals surface area contributed by atoms with Crippen molar-refractivity contribution in [1.29, 1.82) is 0 Å². The molecule has 1 aromatic heterocycles. The van der Waals surface area contributed by atoms with Gasteiger partial charge < -0.3 is 21.0 Å². The van der Waals surface area contributed by atoms with E-state index in [1.807, 2.05) is 58.0 Å². The van der Waals surface area contributed by atoms with Gasteiger partial charge in [-0.25, -0.2) is 0 Å². The van der Waals surface area contributed by atoms with Gasteiger partial charge in [-0.2, -0.15) is 0 Å². The zero-order valence-corrected chi connectivity index (χ0v) is 16.6. The highest BCUT2D eigenvalue weighted by atomic mass is 16.3. The lowest BCUT2D eigenvalue weighted by atomic mass is 10.1. The van der Waals surface area contributed by atoms with E-state index in [2.05, 4.69) is 9.98 Å². The van der Waals surface area contributed by atoms with Crippen LogP contribution < -0.4 is 11.5 Å². The Bertz CT molecular complexity index is 1060. The predicted octanol–water partition coefficient (Wildman–Crippen LogP) is 4.03. The number of phenols is 1. The number of aromatic hydroxyl groups is 1. The maximum atomic E-state index is 10.5. The summed E-state index contributed by atoms with van der Waals surface area (Å²) >= 11 is 0. The molecule has 0 saturated carbocycles. The zero-order valence-electron chi connectivity index (χ0n) is 16.6. The van der Waals surface area contributed by atoms with E-state index >= 15 is 0 Å². The van der Waals surface area contributed by atoms with Crippen LogP contribution in [0.5, 0.6) is 5.75 Å². The van der Waals surface area contributed by atoms with Gasteiger partial charge in [-0.3, -0.25) is 9.98 Å². The number of nitrogens with two attached hydrogens (primary N) is 2. The number of aliphatic imine (C=N–C) groups is 2. The molecule has 6 heteroatoms. The Morgan fingerprint density at radius 3 is 2.00 bits per heavy atom. The first-order valence-electron chi connectivity index (χ1n) is 9.29. The molecule has 3 rings (SSSR count). The molecule has 5 N–H and O–H groups in total. The molecule has 0 aliphatic heterocycles. The smallest absolute Gasteiger partial charge is 0.139 e. The number of nitrogens with zero attached hydrogens (tertiary/aromatic N) is 2. The van der Waals surface area contributed by atoms with Gasteiger partial charge in [0.2, 0.25) is 0 Å². The third kappa shape index (κ3) is 4.17. The molecule has 0 fully saturated rings. The molecule has 0 unspecified atom stereocenters. The van der Waals surface area contributed by atoms with Crippen molar-refractivity contribution >= 4 is 22.6 Å². The number of furan rings is 1. The van der Waals surface area contributed by atoms with Crippen molar-refractivity contribution in [3.8, 4) is 17.1 Å². The topological polar surface area (TPSA) is 110 Å². The summed E-state index contributed by atoms with van der Waals surface area (Å²) in [6.07, 6.45) is 0. The second-order valence-corrected chi connectivity index (χ2v) is 7.31. The molecule has 28 heavy (non-hydrogen) atoms. The minimum Gasteiger partial charge on any atom is -0.507 e.